The van der Waals surface area contributed by atoms with Crippen molar-refractivity contribution in [1.82, 2.24) is 10.2 Å². The summed E-state index contributed by atoms with van der Waals surface area (Å²) in [6, 6.07) is 9.93. The highest BCUT2D eigenvalue weighted by Crippen LogP contribution is 2.29. The maximum absolute atomic E-state index is 13.6. The Morgan fingerprint density at radius 2 is 2.04 bits per heavy atom. The van der Waals surface area contributed by atoms with Crippen LogP contribution in [0.5, 0.6) is 0 Å². The smallest absolute Gasteiger partial charge is 0.210 e. The van der Waals surface area contributed by atoms with Gasteiger partial charge in [0.1, 0.15) is 11.6 Å². The van der Waals surface area contributed by atoms with E-state index in [-0.39, 0.29) is 11.3 Å². The fourth-order valence-electron chi connectivity index (χ4n) is 1.92. The number of ketones is 1. The summed E-state index contributed by atoms with van der Waals surface area (Å²) in [5.41, 5.74) is 0.493. The number of halogens is 3. The van der Waals surface area contributed by atoms with E-state index in [4.69, 9.17) is 11.6 Å². The Kier molecular flexibility index (Phi) is 5.62. The van der Waals surface area contributed by atoms with Gasteiger partial charge in [-0.1, -0.05) is 40.8 Å². The van der Waals surface area contributed by atoms with E-state index < -0.39 is 17.4 Å². The molecule has 25 heavy (non-hydrogen) atoms. The Balaban J connectivity index is 1.62. The van der Waals surface area contributed by atoms with Gasteiger partial charge in [0.05, 0.1) is 11.3 Å². The van der Waals surface area contributed by atoms with Crippen molar-refractivity contribution in [2.75, 3.05) is 11.1 Å². The van der Waals surface area contributed by atoms with Gasteiger partial charge < -0.3 is 5.32 Å². The third-order valence-corrected chi connectivity index (χ3v) is 5.25. The second kappa shape index (κ2) is 7.90. The van der Waals surface area contributed by atoms with Crippen LogP contribution in [0.3, 0.4) is 0 Å². The van der Waals surface area contributed by atoms with Gasteiger partial charge in [-0.2, -0.15) is 0 Å². The normalized spacial score (nSPS) is 10.7. The number of benzene rings is 2. The Labute approximate surface area is 155 Å². The van der Waals surface area contributed by atoms with Crippen LogP contribution in [0.15, 0.2) is 46.8 Å². The zero-order chi connectivity index (χ0) is 17.8. The van der Waals surface area contributed by atoms with Gasteiger partial charge in [0.15, 0.2) is 10.1 Å². The molecule has 3 rings (SSSR count). The number of carbonyl (C=O) groups excluding carboxylic acids is 1. The minimum absolute atomic E-state index is 0.0633. The molecular formula is C16H10ClF2N3OS2. The van der Waals surface area contributed by atoms with E-state index in [0.29, 0.717) is 14.5 Å². The van der Waals surface area contributed by atoms with Crippen molar-refractivity contribution in [2.45, 2.75) is 4.34 Å². The lowest BCUT2D eigenvalue weighted by Crippen LogP contribution is -2.05. The Morgan fingerprint density at radius 1 is 1.20 bits per heavy atom. The molecule has 0 fully saturated rings. The first kappa shape index (κ1) is 17.8. The van der Waals surface area contributed by atoms with E-state index in [1.165, 1.54) is 11.3 Å². The van der Waals surface area contributed by atoms with Gasteiger partial charge in [-0.25, -0.2) is 8.78 Å². The van der Waals surface area contributed by atoms with Gasteiger partial charge in [-0.15, -0.1) is 10.2 Å². The highest BCUT2D eigenvalue weighted by molar-refractivity contribution is 8.01. The Bertz CT molecular complexity index is 920. The minimum Gasteiger partial charge on any atom is -0.330 e. The van der Waals surface area contributed by atoms with E-state index in [0.717, 1.165) is 35.6 Å². The fraction of sp³-hybridized carbons (Fsp3) is 0.0625. The lowest BCUT2D eigenvalue weighted by atomic mass is 10.1. The number of nitrogens with zero attached hydrogens (tertiary/aromatic N) is 2. The highest BCUT2D eigenvalue weighted by Gasteiger charge is 2.15. The van der Waals surface area contributed by atoms with Crippen molar-refractivity contribution >= 4 is 51.3 Å². The average molecular weight is 398 g/mol. The lowest BCUT2D eigenvalue weighted by Gasteiger charge is -2.02. The first-order chi connectivity index (χ1) is 12.0. The number of thioether (sulfide) groups is 1. The van der Waals surface area contributed by atoms with Gasteiger partial charge in [-0.3, -0.25) is 4.79 Å². The van der Waals surface area contributed by atoms with Crippen molar-refractivity contribution in [3.05, 3.63) is 64.7 Å². The van der Waals surface area contributed by atoms with Crippen LogP contribution < -0.4 is 5.32 Å². The number of Topliss-reactive ketones (excluding diaryl/α,β-unsaturated/α-hetero) is 1. The zero-order valence-electron chi connectivity index (χ0n) is 12.5. The highest BCUT2D eigenvalue weighted by atomic mass is 35.5. The largest absolute Gasteiger partial charge is 0.330 e. The summed E-state index contributed by atoms with van der Waals surface area (Å²) in [5.74, 6) is -1.97. The molecule has 0 aliphatic rings. The molecular weight excluding hydrogens is 388 g/mol. The number of aromatic nitrogens is 2. The summed E-state index contributed by atoms with van der Waals surface area (Å²) >= 11 is 8.27. The molecule has 2 aromatic carbocycles. The van der Waals surface area contributed by atoms with Gasteiger partial charge in [-0.05, 0) is 36.4 Å². The third-order valence-electron chi connectivity index (χ3n) is 3.04. The fourth-order valence-corrected chi connectivity index (χ4v) is 3.77. The molecule has 0 saturated carbocycles. The van der Waals surface area contributed by atoms with Crippen LogP contribution in [0.25, 0.3) is 0 Å². The van der Waals surface area contributed by atoms with E-state index >= 15 is 0 Å². The molecule has 0 atom stereocenters. The molecule has 9 heteroatoms. The number of nitrogens with one attached hydrogen (secondary N) is 1. The molecule has 0 aliphatic heterocycles. The van der Waals surface area contributed by atoms with E-state index in [1.807, 2.05) is 6.07 Å². The lowest BCUT2D eigenvalue weighted by molar-refractivity contribution is 0.101. The van der Waals surface area contributed by atoms with Gasteiger partial charge >= 0.3 is 0 Å². The number of carbonyl (C=O) groups is 1. The van der Waals surface area contributed by atoms with Crippen LogP contribution in [0.1, 0.15) is 10.4 Å². The molecule has 0 bridgehead atoms. The minimum atomic E-state index is -0.743. The van der Waals surface area contributed by atoms with Crippen molar-refractivity contribution < 1.29 is 13.6 Å². The van der Waals surface area contributed by atoms with Crippen molar-refractivity contribution in [3.63, 3.8) is 0 Å². The molecule has 1 N–H and O–H groups in total. The Hall–Kier alpha value is -2.03. The summed E-state index contributed by atoms with van der Waals surface area (Å²) < 4.78 is 27.3. The van der Waals surface area contributed by atoms with Crippen molar-refractivity contribution in [2.24, 2.45) is 0 Å². The molecule has 0 amide bonds. The molecule has 0 radical (unpaired) electrons. The molecule has 0 unspecified atom stereocenters. The summed E-state index contributed by atoms with van der Waals surface area (Å²) in [6.45, 7) is 0. The number of hydrogen-bond acceptors (Lipinski definition) is 6. The monoisotopic (exact) mass is 397 g/mol. The SMILES string of the molecule is O=C(CSc1nnc(Nc2cccc(Cl)c2)s1)c1cc(F)ccc1F. The molecule has 1 heterocycles. The maximum atomic E-state index is 13.6. The van der Waals surface area contributed by atoms with E-state index in [1.54, 1.807) is 18.2 Å². The molecule has 4 nitrogen and oxygen atoms in total. The van der Waals surface area contributed by atoms with Crippen LogP contribution >= 0.6 is 34.7 Å². The topological polar surface area (TPSA) is 54.9 Å². The van der Waals surface area contributed by atoms with Crippen LogP contribution in [-0.2, 0) is 0 Å². The van der Waals surface area contributed by atoms with Gasteiger partial charge in [0.2, 0.25) is 5.13 Å². The standard InChI is InChI=1S/C16H10ClF2N3OS2/c17-9-2-1-3-11(6-9)20-15-21-22-16(25-15)24-8-14(23)12-7-10(18)4-5-13(12)19/h1-7H,8H2,(H,20,21). The van der Waals surface area contributed by atoms with Crippen LogP contribution in [0.4, 0.5) is 19.6 Å². The average Bonchev–Trinajstić information content (AvgIpc) is 3.02. The number of rotatable bonds is 6. The van der Waals surface area contributed by atoms with E-state index in [9.17, 15) is 13.6 Å². The number of hydrogen-bond donors (Lipinski definition) is 1. The summed E-state index contributed by atoms with van der Waals surface area (Å²) in [5, 5.41) is 12.1. The summed E-state index contributed by atoms with van der Waals surface area (Å²) in [6.07, 6.45) is 0. The zero-order valence-corrected chi connectivity index (χ0v) is 14.9. The third kappa shape index (κ3) is 4.75. The predicted octanol–water partition coefficient (Wildman–Crippen LogP) is 5.19. The van der Waals surface area contributed by atoms with Crippen molar-refractivity contribution in [3.8, 4) is 0 Å². The van der Waals surface area contributed by atoms with Crippen LogP contribution in [0.2, 0.25) is 5.02 Å². The second-order valence-corrected chi connectivity index (χ2v) is 7.48. The molecule has 128 valence electrons. The second-order valence-electron chi connectivity index (χ2n) is 4.84. The molecule has 0 saturated heterocycles. The molecule has 0 aliphatic carbocycles. The molecule has 0 spiro atoms. The van der Waals surface area contributed by atoms with E-state index in [2.05, 4.69) is 15.5 Å². The van der Waals surface area contributed by atoms with Crippen LogP contribution in [0, 0.1) is 11.6 Å². The molecule has 3 aromatic rings. The first-order valence-electron chi connectivity index (χ1n) is 6.98. The summed E-state index contributed by atoms with van der Waals surface area (Å²) in [7, 11) is 0. The number of anilines is 2. The summed E-state index contributed by atoms with van der Waals surface area (Å²) in [4.78, 5) is 12.0. The first-order valence-corrected chi connectivity index (χ1v) is 9.16. The quantitative estimate of drug-likeness (QED) is 0.458. The van der Waals surface area contributed by atoms with Crippen molar-refractivity contribution in [1.29, 1.82) is 0 Å². The molecule has 1 aromatic heterocycles. The van der Waals surface area contributed by atoms with Crippen LogP contribution in [-0.4, -0.2) is 21.7 Å². The Morgan fingerprint density at radius 3 is 2.84 bits per heavy atom. The maximum Gasteiger partial charge on any atom is 0.210 e. The van der Waals surface area contributed by atoms with Gasteiger partial charge in [0.25, 0.3) is 0 Å². The van der Waals surface area contributed by atoms with Gasteiger partial charge in [0, 0.05) is 10.7 Å². The predicted molar refractivity (Wildman–Crippen MR) is 96.1 cm³/mol.